The summed E-state index contributed by atoms with van der Waals surface area (Å²) in [5.74, 6) is 0.288. The van der Waals surface area contributed by atoms with Gasteiger partial charge in [0.05, 0.1) is 9.79 Å². The average Bonchev–Trinajstić information content (AvgIpc) is 3.37. The van der Waals surface area contributed by atoms with Crippen LogP contribution < -0.4 is 14.8 Å². The molecule has 1 aromatic carbocycles. The molecule has 2 fully saturated rings. The quantitative estimate of drug-likeness (QED) is 0.618. The molecule has 0 bridgehead atoms. The second-order valence-corrected chi connectivity index (χ2v) is 9.91. The largest absolute Gasteiger partial charge is 0.316 e. The maximum Gasteiger partial charge on any atom is 0.240 e. The van der Waals surface area contributed by atoms with Gasteiger partial charge in [0.25, 0.3) is 0 Å². The molecule has 1 aromatic rings. The summed E-state index contributed by atoms with van der Waals surface area (Å²) in [6, 6.07) is 5.36. The molecule has 142 valence electrons. The number of rotatable bonds is 7. The standard InChI is InChI=1S/C15H23N3O4S2.ClH/c19-23(20,17-11-12-2-1-9-16-10-12)14-5-7-15(8-6-14)24(21,22)18-13-3-4-13;/h5-8,12-13,16-18H,1-4,9-11H2;1H. The summed E-state index contributed by atoms with van der Waals surface area (Å²) in [6.07, 6.45) is 3.75. The molecule has 1 aliphatic carbocycles. The molecule has 0 amide bonds. The Morgan fingerprint density at radius 1 is 0.960 bits per heavy atom. The second kappa shape index (κ2) is 8.32. The van der Waals surface area contributed by atoms with Gasteiger partial charge in [0.15, 0.2) is 0 Å². The second-order valence-electron chi connectivity index (χ2n) is 6.43. The zero-order chi connectivity index (χ0) is 17.2. The van der Waals surface area contributed by atoms with E-state index in [0.29, 0.717) is 6.54 Å². The molecule has 1 saturated heterocycles. The summed E-state index contributed by atoms with van der Waals surface area (Å²) in [5.41, 5.74) is 0. The Hall–Kier alpha value is -0.710. The van der Waals surface area contributed by atoms with Gasteiger partial charge in [-0.2, -0.15) is 0 Å². The Morgan fingerprint density at radius 3 is 2.08 bits per heavy atom. The van der Waals surface area contributed by atoms with E-state index in [1.54, 1.807) is 0 Å². The van der Waals surface area contributed by atoms with Crippen molar-refractivity contribution in [2.75, 3.05) is 19.6 Å². The van der Waals surface area contributed by atoms with Gasteiger partial charge in [-0.1, -0.05) is 0 Å². The van der Waals surface area contributed by atoms with Crippen LogP contribution in [0.1, 0.15) is 25.7 Å². The van der Waals surface area contributed by atoms with E-state index in [2.05, 4.69) is 14.8 Å². The van der Waals surface area contributed by atoms with Crippen LogP contribution in [0.5, 0.6) is 0 Å². The number of hydrogen-bond acceptors (Lipinski definition) is 5. The lowest BCUT2D eigenvalue weighted by Gasteiger charge is -2.22. The number of piperidine rings is 1. The van der Waals surface area contributed by atoms with Crippen LogP contribution in [-0.4, -0.2) is 42.5 Å². The van der Waals surface area contributed by atoms with Crippen molar-refractivity contribution in [3.63, 3.8) is 0 Å². The number of benzene rings is 1. The molecule has 1 unspecified atom stereocenters. The average molecular weight is 410 g/mol. The SMILES string of the molecule is Cl.O=S(=O)(NCC1CCCNC1)c1ccc(S(=O)(=O)NC2CC2)cc1. The van der Waals surface area contributed by atoms with Gasteiger partial charge in [0, 0.05) is 12.6 Å². The minimum absolute atomic E-state index is 0. The van der Waals surface area contributed by atoms with Gasteiger partial charge in [-0.15, -0.1) is 12.4 Å². The van der Waals surface area contributed by atoms with E-state index < -0.39 is 20.0 Å². The fourth-order valence-electron chi connectivity index (χ4n) is 2.70. The van der Waals surface area contributed by atoms with Crippen molar-refractivity contribution in [2.45, 2.75) is 41.5 Å². The molecule has 0 radical (unpaired) electrons. The molecule has 10 heteroatoms. The number of hydrogen-bond donors (Lipinski definition) is 3. The molecule has 1 saturated carbocycles. The van der Waals surface area contributed by atoms with Crippen LogP contribution in [0, 0.1) is 5.92 Å². The lowest BCUT2D eigenvalue weighted by Crippen LogP contribution is -2.38. The maximum absolute atomic E-state index is 12.3. The van der Waals surface area contributed by atoms with E-state index in [-0.39, 0.29) is 34.2 Å². The predicted octanol–water partition coefficient (Wildman–Crippen LogP) is 0.827. The number of nitrogens with one attached hydrogen (secondary N) is 3. The first-order chi connectivity index (χ1) is 11.4. The Balaban J connectivity index is 0.00000225. The first-order valence-electron chi connectivity index (χ1n) is 8.20. The Kier molecular flexibility index (Phi) is 6.86. The molecule has 3 N–H and O–H groups in total. The smallest absolute Gasteiger partial charge is 0.240 e. The highest BCUT2D eigenvalue weighted by Gasteiger charge is 2.28. The molecular formula is C15H24ClN3O4S2. The third-order valence-corrected chi connectivity index (χ3v) is 7.28. The number of sulfonamides is 2. The van der Waals surface area contributed by atoms with Crippen LogP contribution in [0.4, 0.5) is 0 Å². The van der Waals surface area contributed by atoms with Crippen LogP contribution >= 0.6 is 12.4 Å². The van der Waals surface area contributed by atoms with E-state index in [1.807, 2.05) is 0 Å². The molecule has 25 heavy (non-hydrogen) atoms. The topological polar surface area (TPSA) is 104 Å². The van der Waals surface area contributed by atoms with Crippen molar-refractivity contribution in [2.24, 2.45) is 5.92 Å². The molecule has 7 nitrogen and oxygen atoms in total. The van der Waals surface area contributed by atoms with Crippen LogP contribution in [0.2, 0.25) is 0 Å². The first-order valence-corrected chi connectivity index (χ1v) is 11.2. The van der Waals surface area contributed by atoms with Gasteiger partial charge in [-0.05, 0) is 69.0 Å². The third kappa shape index (κ3) is 5.63. The zero-order valence-electron chi connectivity index (χ0n) is 13.8. The van der Waals surface area contributed by atoms with Crippen molar-refractivity contribution in [3.05, 3.63) is 24.3 Å². The van der Waals surface area contributed by atoms with Crippen molar-refractivity contribution < 1.29 is 16.8 Å². The van der Waals surface area contributed by atoms with E-state index in [4.69, 9.17) is 0 Å². The lowest BCUT2D eigenvalue weighted by atomic mass is 10.0. The van der Waals surface area contributed by atoms with E-state index >= 15 is 0 Å². The van der Waals surface area contributed by atoms with Crippen LogP contribution in [0.15, 0.2) is 34.1 Å². The molecule has 0 aromatic heterocycles. The third-order valence-electron chi connectivity index (χ3n) is 4.30. The summed E-state index contributed by atoms with van der Waals surface area (Å²) in [6.45, 7) is 2.18. The molecule has 0 spiro atoms. The van der Waals surface area contributed by atoms with Crippen LogP contribution in [0.25, 0.3) is 0 Å². The lowest BCUT2D eigenvalue weighted by molar-refractivity contribution is 0.376. The van der Waals surface area contributed by atoms with Crippen molar-refractivity contribution >= 4 is 32.5 Å². The summed E-state index contributed by atoms with van der Waals surface area (Å²) >= 11 is 0. The Labute approximate surface area is 155 Å². The van der Waals surface area contributed by atoms with Crippen molar-refractivity contribution in [1.29, 1.82) is 0 Å². The van der Waals surface area contributed by atoms with Crippen molar-refractivity contribution in [3.8, 4) is 0 Å². The normalized spacial score (nSPS) is 21.5. The zero-order valence-corrected chi connectivity index (χ0v) is 16.2. The predicted molar refractivity (Wildman–Crippen MR) is 97.8 cm³/mol. The molecular weight excluding hydrogens is 386 g/mol. The molecule has 1 aliphatic heterocycles. The molecule has 3 rings (SSSR count). The summed E-state index contributed by atoms with van der Waals surface area (Å²) in [5, 5.41) is 3.25. The summed E-state index contributed by atoms with van der Waals surface area (Å²) in [7, 11) is -7.19. The highest BCUT2D eigenvalue weighted by Crippen LogP contribution is 2.22. The fraction of sp³-hybridized carbons (Fsp3) is 0.600. The minimum Gasteiger partial charge on any atom is -0.316 e. The highest BCUT2D eigenvalue weighted by atomic mass is 35.5. The van der Waals surface area contributed by atoms with Gasteiger partial charge < -0.3 is 5.32 Å². The van der Waals surface area contributed by atoms with Gasteiger partial charge in [0.1, 0.15) is 0 Å². The van der Waals surface area contributed by atoms with E-state index in [1.165, 1.54) is 24.3 Å². The fourth-order valence-corrected chi connectivity index (χ4v) is 5.12. The van der Waals surface area contributed by atoms with E-state index in [0.717, 1.165) is 38.8 Å². The van der Waals surface area contributed by atoms with E-state index in [9.17, 15) is 16.8 Å². The summed E-state index contributed by atoms with van der Waals surface area (Å²) in [4.78, 5) is 0.168. The van der Waals surface area contributed by atoms with Gasteiger partial charge in [-0.3, -0.25) is 0 Å². The van der Waals surface area contributed by atoms with Crippen LogP contribution in [-0.2, 0) is 20.0 Å². The van der Waals surface area contributed by atoms with Gasteiger partial charge >= 0.3 is 0 Å². The highest BCUT2D eigenvalue weighted by molar-refractivity contribution is 7.90. The molecule has 2 aliphatic rings. The maximum atomic E-state index is 12.3. The minimum atomic E-state index is -3.63. The molecule has 1 atom stereocenters. The van der Waals surface area contributed by atoms with Gasteiger partial charge in [-0.25, -0.2) is 26.3 Å². The molecule has 1 heterocycles. The van der Waals surface area contributed by atoms with Crippen molar-refractivity contribution in [1.82, 2.24) is 14.8 Å². The van der Waals surface area contributed by atoms with Crippen LogP contribution in [0.3, 0.4) is 0 Å². The summed E-state index contributed by atoms with van der Waals surface area (Å²) < 4.78 is 54.0. The van der Waals surface area contributed by atoms with Gasteiger partial charge in [0.2, 0.25) is 20.0 Å². The number of halogens is 1. The first kappa shape index (κ1) is 20.6. The Morgan fingerprint density at radius 2 is 1.56 bits per heavy atom. The Bertz CT molecular complexity index is 771. The monoisotopic (exact) mass is 409 g/mol.